The van der Waals surface area contributed by atoms with Gasteiger partial charge in [0.15, 0.2) is 0 Å². The smallest absolute Gasteiger partial charge is 0.326 e. The van der Waals surface area contributed by atoms with Crippen molar-refractivity contribution in [2.24, 2.45) is 0 Å². The molecule has 2 aromatic heterocycles. The number of carbonyl (C=O) groups excluding carboxylic acids is 1. The normalized spacial score (nSPS) is 18.2. The molecular formula is C15H16N4O3. The van der Waals surface area contributed by atoms with Crippen molar-refractivity contribution in [2.45, 2.75) is 25.3 Å². The largest absolute Gasteiger partial charge is 0.480 e. The van der Waals surface area contributed by atoms with E-state index < -0.39 is 12.0 Å². The Morgan fingerprint density at radius 1 is 1.27 bits per heavy atom. The van der Waals surface area contributed by atoms with Crippen LogP contribution in [0.15, 0.2) is 37.1 Å². The fourth-order valence-electron chi connectivity index (χ4n) is 2.68. The number of rotatable bonds is 3. The lowest BCUT2D eigenvalue weighted by Gasteiger charge is -2.33. The van der Waals surface area contributed by atoms with Crippen molar-refractivity contribution in [1.29, 1.82) is 0 Å². The minimum atomic E-state index is -0.947. The van der Waals surface area contributed by atoms with Crippen molar-refractivity contribution in [3.63, 3.8) is 0 Å². The highest BCUT2D eigenvalue weighted by atomic mass is 16.4. The number of pyridine rings is 1. The highest BCUT2D eigenvalue weighted by Crippen LogP contribution is 2.20. The van der Waals surface area contributed by atoms with Crippen LogP contribution in [0.1, 0.15) is 29.6 Å². The lowest BCUT2D eigenvalue weighted by Crippen LogP contribution is -2.48. The van der Waals surface area contributed by atoms with Crippen LogP contribution in [0, 0.1) is 0 Å². The molecule has 1 atom stereocenters. The quantitative estimate of drug-likeness (QED) is 0.924. The number of aliphatic carboxylic acids is 1. The maximum atomic E-state index is 12.6. The zero-order valence-electron chi connectivity index (χ0n) is 11.9. The number of hydrogen-bond donors (Lipinski definition) is 1. The second-order valence-corrected chi connectivity index (χ2v) is 5.22. The van der Waals surface area contributed by atoms with Crippen LogP contribution in [-0.4, -0.2) is 49.0 Å². The Labute approximate surface area is 127 Å². The van der Waals surface area contributed by atoms with Gasteiger partial charge < -0.3 is 10.0 Å². The van der Waals surface area contributed by atoms with E-state index in [0.717, 1.165) is 12.8 Å². The van der Waals surface area contributed by atoms with Gasteiger partial charge in [-0.3, -0.25) is 9.36 Å². The molecule has 0 spiro atoms. The topological polar surface area (TPSA) is 88.3 Å². The number of piperidine rings is 1. The van der Waals surface area contributed by atoms with Crippen molar-refractivity contribution >= 4 is 11.9 Å². The van der Waals surface area contributed by atoms with Crippen LogP contribution in [0.5, 0.6) is 0 Å². The molecule has 1 unspecified atom stereocenters. The summed E-state index contributed by atoms with van der Waals surface area (Å²) >= 11 is 0. The molecule has 1 amide bonds. The van der Waals surface area contributed by atoms with Crippen LogP contribution in [-0.2, 0) is 4.79 Å². The van der Waals surface area contributed by atoms with Gasteiger partial charge in [0.25, 0.3) is 5.91 Å². The molecule has 0 bridgehead atoms. The van der Waals surface area contributed by atoms with Crippen molar-refractivity contribution in [2.75, 3.05) is 6.54 Å². The molecule has 114 valence electrons. The number of amides is 1. The Kier molecular flexibility index (Phi) is 3.86. The molecule has 1 fully saturated rings. The number of likely N-dealkylation sites (tertiary alicyclic amines) is 1. The second kappa shape index (κ2) is 5.97. The summed E-state index contributed by atoms with van der Waals surface area (Å²) in [7, 11) is 0. The molecule has 0 radical (unpaired) electrons. The third-order valence-corrected chi connectivity index (χ3v) is 3.81. The lowest BCUT2D eigenvalue weighted by atomic mass is 10.0. The summed E-state index contributed by atoms with van der Waals surface area (Å²) in [6.45, 7) is 0.471. The van der Waals surface area contributed by atoms with Crippen molar-refractivity contribution in [3.8, 4) is 5.82 Å². The van der Waals surface area contributed by atoms with Gasteiger partial charge in [0.2, 0.25) is 0 Å². The molecule has 1 aliphatic heterocycles. The van der Waals surface area contributed by atoms with Crippen LogP contribution in [0.3, 0.4) is 0 Å². The Balaban J connectivity index is 1.88. The summed E-state index contributed by atoms with van der Waals surface area (Å²) in [5.74, 6) is -0.639. The van der Waals surface area contributed by atoms with E-state index in [0.29, 0.717) is 24.3 Å². The summed E-state index contributed by atoms with van der Waals surface area (Å²) in [5, 5.41) is 9.29. The number of nitrogens with zero attached hydrogens (tertiary/aromatic N) is 4. The van der Waals surface area contributed by atoms with Crippen molar-refractivity contribution in [3.05, 3.63) is 42.6 Å². The molecule has 7 nitrogen and oxygen atoms in total. The average Bonchev–Trinajstić information content (AvgIpc) is 3.09. The number of carboxylic acid groups (broad SMARTS) is 1. The molecule has 1 N–H and O–H groups in total. The van der Waals surface area contributed by atoms with Gasteiger partial charge in [-0.1, -0.05) is 0 Å². The van der Waals surface area contributed by atoms with E-state index >= 15 is 0 Å². The van der Waals surface area contributed by atoms with Crippen molar-refractivity contribution < 1.29 is 14.7 Å². The third-order valence-electron chi connectivity index (χ3n) is 3.81. The van der Waals surface area contributed by atoms with Gasteiger partial charge >= 0.3 is 5.97 Å². The molecule has 0 saturated carbocycles. The molecule has 2 aromatic rings. The summed E-state index contributed by atoms with van der Waals surface area (Å²) in [5.41, 5.74) is 0.437. The summed E-state index contributed by atoms with van der Waals surface area (Å²) in [4.78, 5) is 33.6. The predicted octanol–water partition coefficient (Wildman–Crippen LogP) is 1.35. The molecule has 3 rings (SSSR count). The highest BCUT2D eigenvalue weighted by molar-refractivity contribution is 5.97. The van der Waals surface area contributed by atoms with Gasteiger partial charge in [-0.15, -0.1) is 0 Å². The Bertz CT molecular complexity index is 684. The number of hydrogen-bond acceptors (Lipinski definition) is 4. The van der Waals surface area contributed by atoms with Crippen LogP contribution in [0.4, 0.5) is 0 Å². The standard InChI is InChI=1S/C15H16N4O3/c20-14(19-7-2-1-3-12(19)15(21)22)11-4-5-17-13(9-11)18-8-6-16-10-18/h4-6,8-10,12H,1-3,7H2,(H,21,22). The first-order valence-corrected chi connectivity index (χ1v) is 7.15. The van der Waals surface area contributed by atoms with E-state index in [-0.39, 0.29) is 5.91 Å². The maximum Gasteiger partial charge on any atom is 0.326 e. The zero-order valence-corrected chi connectivity index (χ0v) is 11.9. The number of aromatic nitrogens is 3. The Morgan fingerprint density at radius 2 is 2.14 bits per heavy atom. The van der Waals surface area contributed by atoms with Crippen LogP contribution in [0.2, 0.25) is 0 Å². The number of imidazole rings is 1. The fourth-order valence-corrected chi connectivity index (χ4v) is 2.68. The minimum absolute atomic E-state index is 0.268. The summed E-state index contributed by atoms with van der Waals surface area (Å²) in [6.07, 6.45) is 8.66. The minimum Gasteiger partial charge on any atom is -0.480 e. The lowest BCUT2D eigenvalue weighted by molar-refractivity contribution is -0.143. The SMILES string of the molecule is O=C(O)C1CCCCN1C(=O)c1ccnc(-n2ccnc2)c1. The van der Waals surface area contributed by atoms with Crippen LogP contribution < -0.4 is 0 Å². The molecule has 7 heteroatoms. The number of carbonyl (C=O) groups is 2. The van der Waals surface area contributed by atoms with Gasteiger partial charge in [-0.25, -0.2) is 14.8 Å². The van der Waals surface area contributed by atoms with E-state index in [1.165, 1.54) is 4.90 Å². The van der Waals surface area contributed by atoms with Gasteiger partial charge in [0.05, 0.1) is 0 Å². The fraction of sp³-hybridized carbons (Fsp3) is 0.333. The highest BCUT2D eigenvalue weighted by Gasteiger charge is 2.32. The first-order valence-electron chi connectivity index (χ1n) is 7.15. The second-order valence-electron chi connectivity index (χ2n) is 5.22. The van der Waals surface area contributed by atoms with Gasteiger partial charge in [0, 0.05) is 30.7 Å². The zero-order chi connectivity index (χ0) is 15.5. The van der Waals surface area contributed by atoms with Gasteiger partial charge in [0.1, 0.15) is 18.2 Å². The molecule has 0 aliphatic carbocycles. The predicted molar refractivity (Wildman–Crippen MR) is 77.7 cm³/mol. The molecule has 1 saturated heterocycles. The molecule has 0 aromatic carbocycles. The van der Waals surface area contributed by atoms with Gasteiger partial charge in [-0.2, -0.15) is 0 Å². The Hall–Kier alpha value is -2.70. The Morgan fingerprint density at radius 3 is 2.86 bits per heavy atom. The summed E-state index contributed by atoms with van der Waals surface area (Å²) in [6, 6.07) is 2.51. The number of carboxylic acids is 1. The van der Waals surface area contributed by atoms with Crippen LogP contribution in [0.25, 0.3) is 5.82 Å². The first kappa shape index (κ1) is 14.2. The van der Waals surface area contributed by atoms with Crippen LogP contribution >= 0.6 is 0 Å². The monoisotopic (exact) mass is 300 g/mol. The third kappa shape index (κ3) is 2.69. The molecular weight excluding hydrogens is 284 g/mol. The van der Waals surface area contributed by atoms with E-state index in [2.05, 4.69) is 9.97 Å². The summed E-state index contributed by atoms with van der Waals surface area (Å²) < 4.78 is 1.70. The van der Waals surface area contributed by atoms with E-state index in [9.17, 15) is 14.7 Å². The van der Waals surface area contributed by atoms with E-state index in [1.807, 2.05) is 0 Å². The maximum absolute atomic E-state index is 12.6. The van der Waals surface area contributed by atoms with Crippen molar-refractivity contribution in [1.82, 2.24) is 19.4 Å². The van der Waals surface area contributed by atoms with E-state index in [4.69, 9.17) is 0 Å². The average molecular weight is 300 g/mol. The molecule has 1 aliphatic rings. The first-order chi connectivity index (χ1) is 10.7. The molecule has 22 heavy (non-hydrogen) atoms. The molecule has 3 heterocycles. The van der Waals surface area contributed by atoms with Gasteiger partial charge in [-0.05, 0) is 31.4 Å². The van der Waals surface area contributed by atoms with E-state index in [1.54, 1.807) is 41.6 Å².